The number of aryl methyl sites for hydroxylation is 1. The third-order valence-corrected chi connectivity index (χ3v) is 6.99. The summed E-state index contributed by atoms with van der Waals surface area (Å²) in [6, 6.07) is 9.53. The molecule has 1 N–H and O–H groups in total. The maximum Gasteiger partial charge on any atom is 0.264 e. The molecule has 30 heavy (non-hydrogen) atoms. The largest absolute Gasteiger partial charge is 0.369 e. The Kier molecular flexibility index (Phi) is 6.39. The quantitative estimate of drug-likeness (QED) is 0.814. The normalized spacial score (nSPS) is 20.3. The number of likely N-dealkylation sites (N-methyl/N-ethyl adjacent to an activating group) is 1. The van der Waals surface area contributed by atoms with Crippen LogP contribution >= 0.6 is 11.3 Å². The minimum absolute atomic E-state index is 0.0352. The maximum absolute atomic E-state index is 13.1. The van der Waals surface area contributed by atoms with Gasteiger partial charge in [0.2, 0.25) is 5.91 Å². The molecule has 0 bridgehead atoms. The number of carbonyl (C=O) groups is 2. The molecule has 2 aliphatic heterocycles. The van der Waals surface area contributed by atoms with E-state index in [0.717, 1.165) is 50.3 Å². The van der Waals surface area contributed by atoms with Crippen LogP contribution in [0.25, 0.3) is 0 Å². The maximum atomic E-state index is 13.1. The van der Waals surface area contributed by atoms with Crippen LogP contribution in [0.4, 0.5) is 11.4 Å². The van der Waals surface area contributed by atoms with Gasteiger partial charge < -0.3 is 20.0 Å². The first-order valence-electron chi connectivity index (χ1n) is 10.7. The van der Waals surface area contributed by atoms with Crippen molar-refractivity contribution in [2.45, 2.75) is 32.2 Å². The number of carbonyl (C=O) groups excluding carboxylic acids is 2. The smallest absolute Gasteiger partial charge is 0.264 e. The Balaban J connectivity index is 1.45. The van der Waals surface area contributed by atoms with Crippen LogP contribution in [0.3, 0.4) is 0 Å². The molecule has 2 saturated heterocycles. The summed E-state index contributed by atoms with van der Waals surface area (Å²) in [5, 5.41) is 4.99. The lowest BCUT2D eigenvalue weighted by atomic mass is 10.0. The second kappa shape index (κ2) is 9.18. The van der Waals surface area contributed by atoms with Crippen LogP contribution < -0.4 is 10.2 Å². The number of benzene rings is 1. The van der Waals surface area contributed by atoms with E-state index in [-0.39, 0.29) is 11.8 Å². The van der Waals surface area contributed by atoms with Gasteiger partial charge >= 0.3 is 0 Å². The van der Waals surface area contributed by atoms with Crippen molar-refractivity contribution in [1.82, 2.24) is 9.80 Å². The zero-order chi connectivity index (χ0) is 21.1. The Labute approximate surface area is 182 Å². The second-order valence-electron chi connectivity index (χ2n) is 8.27. The molecule has 2 fully saturated rings. The van der Waals surface area contributed by atoms with Crippen molar-refractivity contribution in [2.75, 3.05) is 50.0 Å². The fourth-order valence-electron chi connectivity index (χ4n) is 4.25. The molecule has 0 radical (unpaired) electrons. The highest BCUT2D eigenvalue weighted by Crippen LogP contribution is 2.26. The summed E-state index contributed by atoms with van der Waals surface area (Å²) < 4.78 is 0. The summed E-state index contributed by atoms with van der Waals surface area (Å²) in [6.45, 7) is 6.83. The molecule has 0 aliphatic carbocycles. The minimum Gasteiger partial charge on any atom is -0.369 e. The molecule has 2 amide bonds. The summed E-state index contributed by atoms with van der Waals surface area (Å²) in [5.41, 5.74) is 3.07. The van der Waals surface area contributed by atoms with Crippen LogP contribution in [0, 0.1) is 6.92 Å². The van der Waals surface area contributed by atoms with Crippen molar-refractivity contribution in [1.29, 1.82) is 0 Å². The molecule has 160 valence electrons. The molecule has 1 unspecified atom stereocenters. The molecular weight excluding hydrogens is 396 g/mol. The average Bonchev–Trinajstić information content (AvgIpc) is 3.30. The fraction of sp³-hybridized carbons (Fsp3) is 0.478. The van der Waals surface area contributed by atoms with Gasteiger partial charge in [0, 0.05) is 44.1 Å². The average molecular weight is 427 g/mol. The van der Waals surface area contributed by atoms with Gasteiger partial charge in [-0.05, 0) is 68.4 Å². The number of likely N-dealkylation sites (tertiary alicyclic amines) is 1. The molecule has 6 nitrogen and oxygen atoms in total. The first-order chi connectivity index (χ1) is 14.5. The Morgan fingerprint density at radius 2 is 1.87 bits per heavy atom. The molecule has 3 heterocycles. The first kappa shape index (κ1) is 20.9. The van der Waals surface area contributed by atoms with Crippen LogP contribution in [0.2, 0.25) is 0 Å². The molecule has 0 spiro atoms. The van der Waals surface area contributed by atoms with Crippen LogP contribution in [0.15, 0.2) is 35.7 Å². The zero-order valence-corrected chi connectivity index (χ0v) is 18.6. The van der Waals surface area contributed by atoms with Gasteiger partial charge in [-0.3, -0.25) is 9.59 Å². The van der Waals surface area contributed by atoms with Gasteiger partial charge in [-0.2, -0.15) is 0 Å². The number of hydrogen-bond donors (Lipinski definition) is 1. The number of nitrogens with zero attached hydrogens (tertiary/aromatic N) is 3. The summed E-state index contributed by atoms with van der Waals surface area (Å²) in [6.07, 6.45) is 2.62. The van der Waals surface area contributed by atoms with E-state index in [2.05, 4.69) is 34.3 Å². The number of rotatable bonds is 4. The van der Waals surface area contributed by atoms with E-state index >= 15 is 0 Å². The molecule has 1 atom stereocenters. The van der Waals surface area contributed by atoms with E-state index in [4.69, 9.17) is 0 Å². The van der Waals surface area contributed by atoms with E-state index in [9.17, 15) is 9.59 Å². The molecule has 1 aromatic heterocycles. The highest BCUT2D eigenvalue weighted by atomic mass is 32.1. The molecule has 2 aromatic rings. The molecule has 7 heteroatoms. The molecular formula is C23H30N4O2S. The number of anilines is 2. The van der Waals surface area contributed by atoms with E-state index in [1.807, 2.05) is 30.5 Å². The standard InChI is InChI=1S/C23H30N4O2S/c1-17-16-18(26-13-11-25(2)12-14-26)8-9-19(17)24-22(28)20-6-3-4-10-27(20)23(29)21-7-5-15-30-21/h5,7-9,15-16,20H,3-4,6,10-14H2,1-2H3,(H,24,28). The lowest BCUT2D eigenvalue weighted by Crippen LogP contribution is -2.49. The zero-order valence-electron chi connectivity index (χ0n) is 17.8. The number of nitrogens with one attached hydrogen (secondary N) is 1. The van der Waals surface area contributed by atoms with Crippen molar-refractivity contribution >= 4 is 34.5 Å². The predicted octanol–water partition coefficient (Wildman–Crippen LogP) is 3.44. The van der Waals surface area contributed by atoms with Crippen LogP contribution in [0.5, 0.6) is 0 Å². The van der Waals surface area contributed by atoms with Gasteiger partial charge in [-0.15, -0.1) is 11.3 Å². The Morgan fingerprint density at radius 1 is 1.07 bits per heavy atom. The number of piperidine rings is 1. The fourth-order valence-corrected chi connectivity index (χ4v) is 4.93. The lowest BCUT2D eigenvalue weighted by Gasteiger charge is -2.35. The Bertz CT molecular complexity index is 891. The highest BCUT2D eigenvalue weighted by molar-refractivity contribution is 7.12. The number of thiophene rings is 1. The molecule has 4 rings (SSSR count). The topological polar surface area (TPSA) is 55.9 Å². The third-order valence-electron chi connectivity index (χ3n) is 6.13. The first-order valence-corrected chi connectivity index (χ1v) is 11.6. The van der Waals surface area contributed by atoms with Crippen LogP contribution in [-0.4, -0.2) is 67.4 Å². The van der Waals surface area contributed by atoms with Gasteiger partial charge in [0.25, 0.3) is 5.91 Å². The highest BCUT2D eigenvalue weighted by Gasteiger charge is 2.33. The molecule has 1 aromatic carbocycles. The Morgan fingerprint density at radius 3 is 2.57 bits per heavy atom. The number of amides is 2. The summed E-state index contributed by atoms with van der Waals surface area (Å²) in [4.78, 5) is 33.2. The van der Waals surface area contributed by atoms with Gasteiger partial charge in [-0.25, -0.2) is 0 Å². The van der Waals surface area contributed by atoms with Crippen LogP contribution in [-0.2, 0) is 4.79 Å². The third kappa shape index (κ3) is 4.52. The van der Waals surface area contributed by atoms with E-state index < -0.39 is 6.04 Å². The van der Waals surface area contributed by atoms with Crippen molar-refractivity contribution in [3.63, 3.8) is 0 Å². The van der Waals surface area contributed by atoms with Gasteiger partial charge in [0.15, 0.2) is 0 Å². The minimum atomic E-state index is -0.412. The molecule has 0 saturated carbocycles. The summed E-state index contributed by atoms with van der Waals surface area (Å²) in [7, 11) is 2.15. The second-order valence-corrected chi connectivity index (χ2v) is 9.21. The van der Waals surface area contributed by atoms with Crippen molar-refractivity contribution in [3.8, 4) is 0 Å². The van der Waals surface area contributed by atoms with Crippen LogP contribution in [0.1, 0.15) is 34.5 Å². The van der Waals surface area contributed by atoms with Gasteiger partial charge in [-0.1, -0.05) is 6.07 Å². The molecule has 2 aliphatic rings. The summed E-state index contributed by atoms with van der Waals surface area (Å²) in [5.74, 6) is -0.123. The van der Waals surface area contributed by atoms with Gasteiger partial charge in [0.05, 0.1) is 4.88 Å². The lowest BCUT2D eigenvalue weighted by molar-refractivity contribution is -0.121. The van der Waals surface area contributed by atoms with Crippen molar-refractivity contribution < 1.29 is 9.59 Å². The number of piperazine rings is 1. The van der Waals surface area contributed by atoms with E-state index in [0.29, 0.717) is 17.8 Å². The van der Waals surface area contributed by atoms with E-state index in [1.54, 1.807) is 4.90 Å². The summed E-state index contributed by atoms with van der Waals surface area (Å²) >= 11 is 1.43. The predicted molar refractivity (Wildman–Crippen MR) is 123 cm³/mol. The van der Waals surface area contributed by atoms with Crippen molar-refractivity contribution in [3.05, 3.63) is 46.2 Å². The SMILES string of the molecule is Cc1cc(N2CCN(C)CC2)ccc1NC(=O)C1CCCCN1C(=O)c1cccs1. The van der Waals surface area contributed by atoms with Gasteiger partial charge in [0.1, 0.15) is 6.04 Å². The Hall–Kier alpha value is -2.38. The number of hydrogen-bond acceptors (Lipinski definition) is 5. The van der Waals surface area contributed by atoms with E-state index in [1.165, 1.54) is 17.0 Å². The van der Waals surface area contributed by atoms with Crippen molar-refractivity contribution in [2.24, 2.45) is 0 Å². The monoisotopic (exact) mass is 426 g/mol.